The molecule has 0 saturated heterocycles. The Labute approximate surface area is 117 Å². The van der Waals surface area contributed by atoms with Crippen LogP contribution in [0.25, 0.3) is 0 Å². The van der Waals surface area contributed by atoms with Crippen molar-refractivity contribution in [3.8, 4) is 0 Å². The Bertz CT molecular complexity index is 587. The van der Waals surface area contributed by atoms with Gasteiger partial charge in [0.15, 0.2) is 0 Å². The standard InChI is InChI=1S/C15H18FN3O/c1-10-4-11(16)6-12(5-10)18-14(8-20)15-7-17-9-19(15)13-2-3-13/h4-7,9,13-14,18,20H,2-3,8H2,1H3. The van der Waals surface area contributed by atoms with Gasteiger partial charge in [-0.1, -0.05) is 0 Å². The largest absolute Gasteiger partial charge is 0.394 e. The smallest absolute Gasteiger partial charge is 0.125 e. The lowest BCUT2D eigenvalue weighted by Gasteiger charge is -2.19. The molecule has 1 heterocycles. The first-order valence-electron chi connectivity index (χ1n) is 6.83. The number of aliphatic hydroxyl groups is 1. The summed E-state index contributed by atoms with van der Waals surface area (Å²) in [6.45, 7) is 1.78. The second-order valence-corrected chi connectivity index (χ2v) is 5.35. The summed E-state index contributed by atoms with van der Waals surface area (Å²) in [7, 11) is 0. The Hall–Kier alpha value is -1.88. The van der Waals surface area contributed by atoms with E-state index in [0.29, 0.717) is 11.7 Å². The average Bonchev–Trinajstić information content (AvgIpc) is 3.13. The number of rotatable bonds is 5. The van der Waals surface area contributed by atoms with Crippen LogP contribution >= 0.6 is 0 Å². The number of imidazole rings is 1. The van der Waals surface area contributed by atoms with Gasteiger partial charge < -0.3 is 15.0 Å². The third-order valence-corrected chi connectivity index (χ3v) is 3.56. The molecule has 1 aliphatic rings. The zero-order chi connectivity index (χ0) is 14.1. The van der Waals surface area contributed by atoms with Crippen LogP contribution in [-0.2, 0) is 0 Å². The van der Waals surface area contributed by atoms with Gasteiger partial charge in [-0.15, -0.1) is 0 Å². The molecule has 1 aromatic carbocycles. The van der Waals surface area contributed by atoms with Gasteiger partial charge in [0.25, 0.3) is 0 Å². The van der Waals surface area contributed by atoms with Crippen LogP contribution in [0.1, 0.15) is 36.2 Å². The molecule has 1 unspecified atom stereocenters. The van der Waals surface area contributed by atoms with E-state index in [0.717, 1.165) is 24.1 Å². The second-order valence-electron chi connectivity index (χ2n) is 5.35. The minimum Gasteiger partial charge on any atom is -0.394 e. The van der Waals surface area contributed by atoms with E-state index in [1.165, 1.54) is 12.1 Å². The van der Waals surface area contributed by atoms with E-state index >= 15 is 0 Å². The maximum Gasteiger partial charge on any atom is 0.125 e. The first-order valence-corrected chi connectivity index (χ1v) is 6.83. The Kier molecular flexibility index (Phi) is 3.44. The van der Waals surface area contributed by atoms with Crippen molar-refractivity contribution >= 4 is 5.69 Å². The summed E-state index contributed by atoms with van der Waals surface area (Å²) in [5, 5.41) is 12.8. The predicted molar refractivity (Wildman–Crippen MR) is 75.1 cm³/mol. The third kappa shape index (κ3) is 2.67. The van der Waals surface area contributed by atoms with Crippen molar-refractivity contribution in [1.29, 1.82) is 0 Å². The molecular weight excluding hydrogens is 257 g/mol. The molecule has 0 aliphatic heterocycles. The van der Waals surface area contributed by atoms with Gasteiger partial charge in [-0.25, -0.2) is 9.37 Å². The molecular formula is C15H18FN3O. The van der Waals surface area contributed by atoms with Gasteiger partial charge in [0.2, 0.25) is 0 Å². The van der Waals surface area contributed by atoms with Crippen LogP contribution in [0.4, 0.5) is 10.1 Å². The molecule has 1 fully saturated rings. The Morgan fingerprint density at radius 3 is 2.90 bits per heavy atom. The molecule has 20 heavy (non-hydrogen) atoms. The summed E-state index contributed by atoms with van der Waals surface area (Å²) in [4.78, 5) is 4.17. The van der Waals surface area contributed by atoms with Crippen molar-refractivity contribution in [2.24, 2.45) is 0 Å². The lowest BCUT2D eigenvalue weighted by atomic mass is 10.1. The van der Waals surface area contributed by atoms with E-state index < -0.39 is 0 Å². The number of benzene rings is 1. The van der Waals surface area contributed by atoms with Gasteiger partial charge >= 0.3 is 0 Å². The maximum absolute atomic E-state index is 13.4. The first kappa shape index (κ1) is 13.1. The van der Waals surface area contributed by atoms with E-state index in [1.54, 1.807) is 12.5 Å². The molecule has 5 heteroatoms. The summed E-state index contributed by atoms with van der Waals surface area (Å²) >= 11 is 0. The monoisotopic (exact) mass is 275 g/mol. The Morgan fingerprint density at radius 1 is 1.45 bits per heavy atom. The highest BCUT2D eigenvalue weighted by Crippen LogP contribution is 2.37. The van der Waals surface area contributed by atoms with Crippen molar-refractivity contribution in [1.82, 2.24) is 9.55 Å². The number of aromatic nitrogens is 2. The van der Waals surface area contributed by atoms with E-state index in [1.807, 2.05) is 13.0 Å². The fourth-order valence-corrected chi connectivity index (χ4v) is 2.48. The van der Waals surface area contributed by atoms with Crippen molar-refractivity contribution < 1.29 is 9.50 Å². The predicted octanol–water partition coefficient (Wildman–Crippen LogP) is 2.81. The van der Waals surface area contributed by atoms with Crippen molar-refractivity contribution in [3.05, 3.63) is 47.8 Å². The molecule has 0 spiro atoms. The fourth-order valence-electron chi connectivity index (χ4n) is 2.48. The van der Waals surface area contributed by atoms with Gasteiger partial charge in [0.1, 0.15) is 5.82 Å². The summed E-state index contributed by atoms with van der Waals surface area (Å²) in [5.41, 5.74) is 2.46. The fraction of sp³-hybridized carbons (Fsp3) is 0.400. The number of hydrogen-bond donors (Lipinski definition) is 2. The Morgan fingerprint density at radius 2 is 2.25 bits per heavy atom. The lowest BCUT2D eigenvalue weighted by molar-refractivity contribution is 0.272. The Balaban J connectivity index is 1.84. The number of hydrogen-bond acceptors (Lipinski definition) is 3. The number of aryl methyl sites for hydroxylation is 1. The van der Waals surface area contributed by atoms with E-state index in [-0.39, 0.29) is 18.5 Å². The molecule has 4 nitrogen and oxygen atoms in total. The van der Waals surface area contributed by atoms with Crippen LogP contribution in [-0.4, -0.2) is 21.3 Å². The van der Waals surface area contributed by atoms with E-state index in [4.69, 9.17) is 0 Å². The second kappa shape index (κ2) is 5.25. The minimum atomic E-state index is -0.278. The molecule has 1 aromatic heterocycles. The number of anilines is 1. The molecule has 2 N–H and O–H groups in total. The summed E-state index contributed by atoms with van der Waals surface area (Å²) in [6.07, 6.45) is 5.87. The quantitative estimate of drug-likeness (QED) is 0.882. The zero-order valence-electron chi connectivity index (χ0n) is 11.4. The normalized spacial score (nSPS) is 16.1. The van der Waals surface area contributed by atoms with Gasteiger partial charge in [-0.05, 0) is 43.5 Å². The molecule has 3 rings (SSSR count). The first-order chi connectivity index (χ1) is 9.67. The van der Waals surface area contributed by atoms with Crippen LogP contribution in [0.5, 0.6) is 0 Å². The molecule has 0 amide bonds. The van der Waals surface area contributed by atoms with E-state index in [9.17, 15) is 9.50 Å². The molecule has 0 radical (unpaired) electrons. The molecule has 1 atom stereocenters. The molecule has 106 valence electrons. The molecule has 1 aliphatic carbocycles. The van der Waals surface area contributed by atoms with Crippen LogP contribution in [0.15, 0.2) is 30.7 Å². The highest BCUT2D eigenvalue weighted by atomic mass is 19.1. The van der Waals surface area contributed by atoms with Crippen molar-refractivity contribution in [2.75, 3.05) is 11.9 Å². The molecule has 2 aromatic rings. The minimum absolute atomic E-state index is 0.0615. The highest BCUT2D eigenvalue weighted by molar-refractivity contribution is 5.47. The van der Waals surface area contributed by atoms with Crippen molar-refractivity contribution in [3.63, 3.8) is 0 Å². The van der Waals surface area contributed by atoms with Crippen LogP contribution in [0, 0.1) is 12.7 Å². The average molecular weight is 275 g/mol. The van der Waals surface area contributed by atoms with Gasteiger partial charge in [0, 0.05) is 11.7 Å². The maximum atomic E-state index is 13.4. The zero-order valence-corrected chi connectivity index (χ0v) is 11.4. The van der Waals surface area contributed by atoms with E-state index in [2.05, 4.69) is 14.9 Å². The van der Waals surface area contributed by atoms with Crippen LogP contribution in [0.3, 0.4) is 0 Å². The van der Waals surface area contributed by atoms with Crippen LogP contribution in [0.2, 0.25) is 0 Å². The SMILES string of the molecule is Cc1cc(F)cc(NC(CO)c2cncn2C2CC2)c1. The third-order valence-electron chi connectivity index (χ3n) is 3.56. The summed E-state index contributed by atoms with van der Waals surface area (Å²) < 4.78 is 15.5. The number of aliphatic hydroxyl groups excluding tert-OH is 1. The summed E-state index contributed by atoms with van der Waals surface area (Å²) in [6, 6.07) is 5.00. The molecule has 1 saturated carbocycles. The van der Waals surface area contributed by atoms with Gasteiger partial charge in [-0.2, -0.15) is 0 Å². The summed E-state index contributed by atoms with van der Waals surface area (Å²) in [5.74, 6) is -0.278. The highest BCUT2D eigenvalue weighted by Gasteiger charge is 2.27. The lowest BCUT2D eigenvalue weighted by Crippen LogP contribution is -2.18. The number of nitrogens with zero attached hydrogens (tertiary/aromatic N) is 2. The van der Waals surface area contributed by atoms with Gasteiger partial charge in [-0.3, -0.25) is 0 Å². The van der Waals surface area contributed by atoms with Gasteiger partial charge in [0.05, 0.1) is 30.9 Å². The van der Waals surface area contributed by atoms with Crippen molar-refractivity contribution in [2.45, 2.75) is 31.8 Å². The number of nitrogens with one attached hydrogen (secondary N) is 1. The molecule has 0 bridgehead atoms. The van der Waals surface area contributed by atoms with Crippen LogP contribution < -0.4 is 5.32 Å². The number of halogens is 1. The topological polar surface area (TPSA) is 50.1 Å².